The second kappa shape index (κ2) is 6.84. The summed E-state index contributed by atoms with van der Waals surface area (Å²) in [5, 5.41) is 0. The summed E-state index contributed by atoms with van der Waals surface area (Å²) in [6, 6.07) is 5.21. The lowest BCUT2D eigenvalue weighted by atomic mass is 10.1. The zero-order valence-corrected chi connectivity index (χ0v) is 13.8. The monoisotopic (exact) mass is 356 g/mol. The summed E-state index contributed by atoms with van der Waals surface area (Å²) in [7, 11) is 0. The van der Waals surface area contributed by atoms with E-state index in [1.807, 2.05) is 17.0 Å². The van der Waals surface area contributed by atoms with Crippen LogP contribution in [0, 0.1) is 17.5 Å². The average molecular weight is 356 g/mol. The minimum Gasteiger partial charge on any atom is -0.294 e. The van der Waals surface area contributed by atoms with Gasteiger partial charge in [0.15, 0.2) is 17.5 Å². The number of pyridine rings is 1. The van der Waals surface area contributed by atoms with Crippen molar-refractivity contribution in [3.8, 4) is 11.4 Å². The third-order valence-corrected chi connectivity index (χ3v) is 4.43. The van der Waals surface area contributed by atoms with E-state index in [0.717, 1.165) is 22.9 Å². The van der Waals surface area contributed by atoms with Gasteiger partial charge in [0.05, 0.1) is 5.69 Å². The highest BCUT2D eigenvalue weighted by Gasteiger charge is 2.20. The van der Waals surface area contributed by atoms with Crippen LogP contribution in [0.4, 0.5) is 13.2 Å². The fourth-order valence-electron chi connectivity index (χ4n) is 3.08. The molecule has 26 heavy (non-hydrogen) atoms. The van der Waals surface area contributed by atoms with Crippen molar-refractivity contribution in [2.75, 3.05) is 6.54 Å². The van der Waals surface area contributed by atoms with Crippen LogP contribution < -0.4 is 0 Å². The Bertz CT molecular complexity index is 947. The molecule has 0 atom stereocenters. The van der Waals surface area contributed by atoms with E-state index < -0.39 is 17.5 Å². The predicted octanol–water partition coefficient (Wildman–Crippen LogP) is 3.51. The van der Waals surface area contributed by atoms with Gasteiger partial charge in [-0.15, -0.1) is 0 Å². The van der Waals surface area contributed by atoms with Gasteiger partial charge >= 0.3 is 0 Å². The normalized spacial score (nSPS) is 14.3. The smallest absolute Gasteiger partial charge is 0.161 e. The van der Waals surface area contributed by atoms with E-state index in [2.05, 4.69) is 15.0 Å². The summed E-state index contributed by atoms with van der Waals surface area (Å²) in [5.41, 5.74) is 2.95. The zero-order valence-electron chi connectivity index (χ0n) is 13.8. The number of halogens is 3. The first-order valence-corrected chi connectivity index (χ1v) is 8.21. The summed E-state index contributed by atoms with van der Waals surface area (Å²) in [6.45, 7) is 1.39. The molecule has 132 valence electrons. The lowest BCUT2D eigenvalue weighted by Gasteiger charge is -2.28. The standard InChI is InChI=1S/C19H15F3N4/c20-15-8-17(22)16(21)7-13(15)10-26-6-3-18-14(11-26)9-24-19(25-18)12-1-4-23-5-2-12/h1-2,4-5,7-9H,3,6,10-11H2. The molecule has 1 aliphatic rings. The van der Waals surface area contributed by atoms with E-state index in [-0.39, 0.29) is 12.1 Å². The fraction of sp³-hybridized carbons (Fsp3) is 0.211. The number of aromatic nitrogens is 3. The Labute approximate surface area is 148 Å². The molecule has 0 radical (unpaired) electrons. The number of hydrogen-bond acceptors (Lipinski definition) is 4. The first-order chi connectivity index (χ1) is 12.6. The predicted molar refractivity (Wildman–Crippen MR) is 89.4 cm³/mol. The molecular weight excluding hydrogens is 341 g/mol. The lowest BCUT2D eigenvalue weighted by Crippen LogP contribution is -2.31. The quantitative estimate of drug-likeness (QED) is 0.674. The van der Waals surface area contributed by atoms with E-state index in [4.69, 9.17) is 0 Å². The van der Waals surface area contributed by atoms with Gasteiger partial charge in [-0.3, -0.25) is 9.88 Å². The molecule has 1 aromatic carbocycles. The van der Waals surface area contributed by atoms with Crippen molar-refractivity contribution < 1.29 is 13.2 Å². The van der Waals surface area contributed by atoms with Crippen molar-refractivity contribution in [3.63, 3.8) is 0 Å². The van der Waals surface area contributed by atoms with Crippen LogP contribution in [0.15, 0.2) is 42.9 Å². The largest absolute Gasteiger partial charge is 0.294 e. The van der Waals surface area contributed by atoms with E-state index in [1.165, 1.54) is 0 Å². The molecule has 0 saturated carbocycles. The van der Waals surface area contributed by atoms with Gasteiger partial charge in [-0.05, 0) is 18.2 Å². The van der Waals surface area contributed by atoms with E-state index in [1.54, 1.807) is 18.6 Å². The van der Waals surface area contributed by atoms with Crippen LogP contribution in [0.5, 0.6) is 0 Å². The topological polar surface area (TPSA) is 41.9 Å². The third kappa shape index (κ3) is 3.30. The van der Waals surface area contributed by atoms with Crippen LogP contribution in [0.2, 0.25) is 0 Å². The van der Waals surface area contributed by atoms with Gasteiger partial charge in [0, 0.05) is 67.4 Å². The number of rotatable bonds is 3. The summed E-state index contributed by atoms with van der Waals surface area (Å²) < 4.78 is 40.3. The van der Waals surface area contributed by atoms with Gasteiger partial charge in [0.1, 0.15) is 5.82 Å². The van der Waals surface area contributed by atoms with Crippen LogP contribution in [-0.2, 0) is 19.5 Å². The van der Waals surface area contributed by atoms with Crippen LogP contribution in [0.1, 0.15) is 16.8 Å². The van der Waals surface area contributed by atoms with E-state index in [9.17, 15) is 13.2 Å². The second-order valence-corrected chi connectivity index (χ2v) is 6.22. The number of hydrogen-bond donors (Lipinski definition) is 0. The molecule has 1 aliphatic heterocycles. The highest BCUT2D eigenvalue weighted by atomic mass is 19.2. The molecule has 4 nitrogen and oxygen atoms in total. The SMILES string of the molecule is Fc1cc(F)c(CN2CCc3nc(-c4ccncc4)ncc3C2)cc1F. The molecule has 0 amide bonds. The molecule has 0 aliphatic carbocycles. The zero-order chi connectivity index (χ0) is 18.1. The highest BCUT2D eigenvalue weighted by Crippen LogP contribution is 2.23. The van der Waals surface area contributed by atoms with Crippen LogP contribution >= 0.6 is 0 Å². The Kier molecular flexibility index (Phi) is 4.38. The fourth-order valence-corrected chi connectivity index (χ4v) is 3.08. The lowest BCUT2D eigenvalue weighted by molar-refractivity contribution is 0.239. The molecule has 0 spiro atoms. The van der Waals surface area contributed by atoms with Crippen LogP contribution in [0.3, 0.4) is 0 Å². The van der Waals surface area contributed by atoms with Crippen molar-refractivity contribution in [1.29, 1.82) is 0 Å². The molecule has 2 aromatic heterocycles. The first-order valence-electron chi connectivity index (χ1n) is 8.21. The number of benzene rings is 1. The van der Waals surface area contributed by atoms with E-state index >= 15 is 0 Å². The third-order valence-electron chi connectivity index (χ3n) is 4.43. The van der Waals surface area contributed by atoms with E-state index in [0.29, 0.717) is 31.4 Å². The molecule has 0 saturated heterocycles. The van der Waals surface area contributed by atoms with Gasteiger partial charge in [-0.25, -0.2) is 23.1 Å². The maximum Gasteiger partial charge on any atom is 0.161 e. The molecule has 4 rings (SSSR count). The molecule has 0 bridgehead atoms. The van der Waals surface area contributed by atoms with Gasteiger partial charge < -0.3 is 0 Å². The van der Waals surface area contributed by atoms with Crippen LogP contribution in [-0.4, -0.2) is 26.4 Å². The van der Waals surface area contributed by atoms with Crippen LogP contribution in [0.25, 0.3) is 11.4 Å². The summed E-state index contributed by atoms with van der Waals surface area (Å²) in [4.78, 5) is 15.0. The summed E-state index contributed by atoms with van der Waals surface area (Å²) >= 11 is 0. The molecule has 0 N–H and O–H groups in total. The Morgan fingerprint density at radius 3 is 2.58 bits per heavy atom. The van der Waals surface area contributed by atoms with Crippen molar-refractivity contribution >= 4 is 0 Å². The summed E-state index contributed by atoms with van der Waals surface area (Å²) in [6.07, 6.45) is 5.83. The van der Waals surface area contributed by atoms with Gasteiger partial charge in [0.2, 0.25) is 0 Å². The van der Waals surface area contributed by atoms with Gasteiger partial charge in [-0.1, -0.05) is 0 Å². The molecule has 7 heteroatoms. The van der Waals surface area contributed by atoms with Crippen molar-refractivity contribution in [2.24, 2.45) is 0 Å². The maximum atomic E-state index is 13.9. The first kappa shape index (κ1) is 16.7. The minimum absolute atomic E-state index is 0.140. The Morgan fingerprint density at radius 2 is 1.77 bits per heavy atom. The maximum absolute atomic E-state index is 13.9. The molecular formula is C19H15F3N4. The summed E-state index contributed by atoms with van der Waals surface area (Å²) in [5.74, 6) is -2.30. The molecule has 0 fully saturated rings. The second-order valence-electron chi connectivity index (χ2n) is 6.22. The highest BCUT2D eigenvalue weighted by molar-refractivity contribution is 5.54. The average Bonchev–Trinajstić information content (AvgIpc) is 2.66. The minimum atomic E-state index is -1.17. The van der Waals surface area contributed by atoms with Crippen molar-refractivity contribution in [1.82, 2.24) is 19.9 Å². The van der Waals surface area contributed by atoms with Gasteiger partial charge in [0.25, 0.3) is 0 Å². The van der Waals surface area contributed by atoms with Gasteiger partial charge in [-0.2, -0.15) is 0 Å². The Balaban J connectivity index is 1.53. The molecule has 3 heterocycles. The number of fused-ring (bicyclic) bond motifs is 1. The molecule has 0 unspecified atom stereocenters. The Morgan fingerprint density at radius 1 is 1.00 bits per heavy atom. The van der Waals surface area contributed by atoms with Crippen molar-refractivity contribution in [3.05, 3.63) is 77.1 Å². The Hall–Kier alpha value is -2.80. The van der Waals surface area contributed by atoms with Crippen molar-refractivity contribution in [2.45, 2.75) is 19.5 Å². The molecule has 3 aromatic rings. The number of nitrogens with zero attached hydrogens (tertiary/aromatic N) is 4.